The molecule has 0 amide bonds. The van der Waals surface area contributed by atoms with Gasteiger partial charge in [-0.1, -0.05) is 6.92 Å². The molecule has 0 heterocycles. The number of carbonyl (C=O) groups excluding carboxylic acids is 1. The van der Waals surface area contributed by atoms with Crippen molar-refractivity contribution in [3.05, 3.63) is 0 Å². The van der Waals surface area contributed by atoms with Gasteiger partial charge in [0, 0.05) is 14.2 Å². The maximum Gasteiger partial charge on any atom is 0.154 e. The van der Waals surface area contributed by atoms with Crippen LogP contribution in [-0.4, -0.2) is 51.8 Å². The van der Waals surface area contributed by atoms with Gasteiger partial charge in [-0.15, -0.1) is 0 Å². The Labute approximate surface area is 87.2 Å². The fourth-order valence-corrected chi connectivity index (χ4v) is 0.679. The van der Waals surface area contributed by atoms with Crippen molar-refractivity contribution in [3.63, 3.8) is 0 Å². The van der Waals surface area contributed by atoms with Crippen molar-refractivity contribution in [2.24, 2.45) is 0 Å². The van der Waals surface area contributed by atoms with Crippen LogP contribution >= 0.6 is 0 Å². The van der Waals surface area contributed by atoms with E-state index in [-0.39, 0.29) is 12.3 Å². The highest BCUT2D eigenvalue weighted by Gasteiger charge is 2.03. The largest absolute Gasteiger partial charge is 0.356 e. The van der Waals surface area contributed by atoms with Crippen LogP contribution in [0.1, 0.15) is 20.3 Å². The topological polar surface area (TPSA) is 38.8 Å². The lowest BCUT2D eigenvalue weighted by Crippen LogP contribution is -2.28. The van der Waals surface area contributed by atoms with Gasteiger partial charge in [-0.3, -0.25) is 0 Å². The summed E-state index contributed by atoms with van der Waals surface area (Å²) in [6, 6.07) is 0.106. The Kier molecular flexibility index (Phi) is 12.1. The van der Waals surface area contributed by atoms with E-state index in [1.165, 1.54) is 0 Å². The van der Waals surface area contributed by atoms with Gasteiger partial charge < -0.3 is 19.2 Å². The Morgan fingerprint density at radius 1 is 1.29 bits per heavy atom. The molecule has 1 unspecified atom stereocenters. The Hall–Kier alpha value is -0.450. The molecular weight excluding hydrogens is 182 g/mol. The number of hydrogen-bond acceptors (Lipinski definition) is 4. The van der Waals surface area contributed by atoms with Crippen molar-refractivity contribution in [1.29, 1.82) is 0 Å². The molecule has 0 saturated carbocycles. The van der Waals surface area contributed by atoms with E-state index in [4.69, 9.17) is 0 Å². The number of carbonyl (C=O) groups is 1. The summed E-state index contributed by atoms with van der Waals surface area (Å²) in [5.74, 6) is 0. The van der Waals surface area contributed by atoms with E-state index >= 15 is 0 Å². The molecule has 1 atom stereocenters. The summed E-state index contributed by atoms with van der Waals surface area (Å²) < 4.78 is 9.35. The van der Waals surface area contributed by atoms with Crippen molar-refractivity contribution in [3.8, 4) is 0 Å². The van der Waals surface area contributed by atoms with Gasteiger partial charge in [0.25, 0.3) is 0 Å². The Morgan fingerprint density at radius 3 is 1.71 bits per heavy atom. The van der Waals surface area contributed by atoms with Crippen LogP contribution in [0.3, 0.4) is 0 Å². The first kappa shape index (κ1) is 16.0. The number of nitrogens with zero attached hydrogens (tertiary/aromatic N) is 1. The first-order valence-corrected chi connectivity index (χ1v) is 4.70. The van der Waals surface area contributed by atoms with Crippen LogP contribution in [0.2, 0.25) is 0 Å². The number of aldehydes is 1. The Morgan fingerprint density at radius 2 is 1.71 bits per heavy atom. The van der Waals surface area contributed by atoms with Crippen molar-refractivity contribution < 1.29 is 14.3 Å². The lowest BCUT2D eigenvalue weighted by Gasteiger charge is -2.14. The molecule has 0 bridgehead atoms. The van der Waals surface area contributed by atoms with Crippen LogP contribution < -0.4 is 0 Å². The van der Waals surface area contributed by atoms with Crippen LogP contribution in [0.4, 0.5) is 0 Å². The van der Waals surface area contributed by atoms with Crippen molar-refractivity contribution in [1.82, 2.24) is 4.90 Å². The minimum absolute atomic E-state index is 0.0648. The lowest BCUT2D eigenvalue weighted by molar-refractivity contribution is -0.111. The number of methoxy groups -OCH3 is 2. The molecular formula is C10H23NO3. The summed E-state index contributed by atoms with van der Waals surface area (Å²) in [6.45, 7) is 3.83. The first-order valence-electron chi connectivity index (χ1n) is 4.70. The van der Waals surface area contributed by atoms with Gasteiger partial charge in [0.05, 0.1) is 6.04 Å². The molecule has 4 nitrogen and oxygen atoms in total. The van der Waals surface area contributed by atoms with Gasteiger partial charge in [0.15, 0.2) is 6.29 Å². The predicted octanol–water partition coefficient (Wildman–Crippen LogP) is 1.15. The molecule has 0 aromatic heterocycles. The molecule has 0 spiro atoms. The fourth-order valence-electron chi connectivity index (χ4n) is 0.679. The second-order valence-electron chi connectivity index (χ2n) is 3.11. The number of ether oxygens (including phenoxy) is 2. The third kappa shape index (κ3) is 9.64. The molecule has 0 fully saturated rings. The zero-order valence-corrected chi connectivity index (χ0v) is 10.1. The van der Waals surface area contributed by atoms with E-state index in [2.05, 4.69) is 9.47 Å². The number of rotatable bonds is 5. The molecule has 0 radical (unpaired) electrons. The second-order valence-corrected chi connectivity index (χ2v) is 3.11. The molecule has 4 heteroatoms. The quantitative estimate of drug-likeness (QED) is 0.498. The molecule has 0 aromatic rings. The van der Waals surface area contributed by atoms with Crippen LogP contribution in [0.5, 0.6) is 0 Å². The van der Waals surface area contributed by atoms with E-state index in [1.807, 2.05) is 32.8 Å². The molecule has 0 aromatic carbocycles. The number of likely N-dealkylation sites (N-methyl/N-ethyl adjacent to an activating group) is 1. The summed E-state index contributed by atoms with van der Waals surface area (Å²) in [6.07, 6.45) is 1.81. The van der Waals surface area contributed by atoms with E-state index in [0.717, 1.165) is 12.7 Å². The molecule has 14 heavy (non-hydrogen) atoms. The monoisotopic (exact) mass is 205 g/mol. The third-order valence-electron chi connectivity index (χ3n) is 1.90. The van der Waals surface area contributed by atoms with E-state index in [0.29, 0.717) is 0 Å². The maximum atomic E-state index is 10.1. The summed E-state index contributed by atoms with van der Waals surface area (Å²) in [4.78, 5) is 12.0. The molecule has 86 valence electrons. The van der Waals surface area contributed by atoms with Gasteiger partial charge in [-0.25, -0.2) is 0 Å². The van der Waals surface area contributed by atoms with E-state index in [9.17, 15) is 4.79 Å². The summed E-state index contributed by atoms with van der Waals surface area (Å²) in [5, 5.41) is 0. The highest BCUT2D eigenvalue weighted by atomic mass is 16.7. The summed E-state index contributed by atoms with van der Waals surface area (Å²) in [7, 11) is 7.02. The molecule has 0 aliphatic heterocycles. The highest BCUT2D eigenvalue weighted by Crippen LogP contribution is 1.92. The molecule has 0 N–H and O–H groups in total. The maximum absolute atomic E-state index is 10.1. The van der Waals surface area contributed by atoms with Gasteiger partial charge in [0.2, 0.25) is 0 Å². The van der Waals surface area contributed by atoms with E-state index < -0.39 is 0 Å². The Bertz CT molecular complexity index is 125. The molecule has 0 rings (SSSR count). The fraction of sp³-hybridized carbons (Fsp3) is 0.900. The van der Waals surface area contributed by atoms with Crippen molar-refractivity contribution in [2.45, 2.75) is 32.6 Å². The average molecular weight is 205 g/mol. The minimum Gasteiger partial charge on any atom is -0.356 e. The summed E-state index contributed by atoms with van der Waals surface area (Å²) in [5.41, 5.74) is 0. The minimum atomic E-state index is -0.0648. The average Bonchev–Trinajstić information content (AvgIpc) is 2.19. The van der Waals surface area contributed by atoms with Crippen molar-refractivity contribution >= 4 is 6.29 Å². The molecule has 0 aliphatic carbocycles. The standard InChI is InChI=1S/C6H13NO.C4H10O2/c1-4-6(5-8)7(2)3;1-4(5-2)6-3/h5-6H,4H2,1-3H3;4H,1-3H3. The SMILES string of the molecule is CCC(C=O)N(C)C.COC(C)OC. The Balaban J connectivity index is 0. The predicted molar refractivity (Wildman–Crippen MR) is 57.3 cm³/mol. The van der Waals surface area contributed by atoms with Gasteiger partial charge >= 0.3 is 0 Å². The smallest absolute Gasteiger partial charge is 0.154 e. The van der Waals surface area contributed by atoms with Crippen LogP contribution in [0.15, 0.2) is 0 Å². The van der Waals surface area contributed by atoms with Crippen LogP contribution in [-0.2, 0) is 14.3 Å². The second kappa shape index (κ2) is 10.6. The highest BCUT2D eigenvalue weighted by molar-refractivity contribution is 5.57. The van der Waals surface area contributed by atoms with Gasteiger partial charge in [-0.05, 0) is 27.4 Å². The molecule has 0 aliphatic rings. The van der Waals surface area contributed by atoms with Crippen LogP contribution in [0, 0.1) is 0 Å². The third-order valence-corrected chi connectivity index (χ3v) is 1.90. The lowest BCUT2D eigenvalue weighted by atomic mass is 10.2. The van der Waals surface area contributed by atoms with E-state index in [1.54, 1.807) is 14.2 Å². The first-order chi connectivity index (χ1) is 6.53. The van der Waals surface area contributed by atoms with Gasteiger partial charge in [0.1, 0.15) is 6.29 Å². The van der Waals surface area contributed by atoms with Crippen molar-refractivity contribution in [2.75, 3.05) is 28.3 Å². The normalized spacial score (nSPS) is 12.3. The number of hydrogen-bond donors (Lipinski definition) is 0. The zero-order chi connectivity index (χ0) is 11.6. The zero-order valence-electron chi connectivity index (χ0n) is 10.1. The van der Waals surface area contributed by atoms with Gasteiger partial charge in [-0.2, -0.15) is 0 Å². The van der Waals surface area contributed by atoms with Crippen LogP contribution in [0.25, 0.3) is 0 Å². The summed E-state index contributed by atoms with van der Waals surface area (Å²) >= 11 is 0. The molecule has 0 saturated heterocycles.